The van der Waals surface area contributed by atoms with Crippen LogP contribution in [-0.4, -0.2) is 9.97 Å². The second-order valence-electron chi connectivity index (χ2n) is 3.34. The Morgan fingerprint density at radius 3 is 2.59 bits per heavy atom. The lowest BCUT2D eigenvalue weighted by Gasteiger charge is -2.04. The van der Waals surface area contributed by atoms with Gasteiger partial charge in [0.25, 0.3) is 0 Å². The van der Waals surface area contributed by atoms with Gasteiger partial charge < -0.3 is 0 Å². The number of rotatable bonds is 2. The average Bonchev–Trinajstić information content (AvgIpc) is 2.27. The first kappa shape index (κ1) is 13.1. The third-order valence-electron chi connectivity index (χ3n) is 2.11. The van der Waals surface area contributed by atoms with E-state index < -0.39 is 0 Å². The van der Waals surface area contributed by atoms with Gasteiger partial charge in [-0.3, -0.25) is 0 Å². The van der Waals surface area contributed by atoms with Gasteiger partial charge in [-0.05, 0) is 33.6 Å². The Labute approximate surface area is 122 Å². The molecule has 0 unspecified atom stereocenters. The van der Waals surface area contributed by atoms with Crippen LogP contribution in [0, 0.1) is 0 Å². The summed E-state index contributed by atoms with van der Waals surface area (Å²) in [5, 5.41) is 1.59. The van der Waals surface area contributed by atoms with Gasteiger partial charge in [0.1, 0.15) is 11.0 Å². The van der Waals surface area contributed by atoms with Gasteiger partial charge in [-0.2, -0.15) is 0 Å². The zero-order valence-electron chi connectivity index (χ0n) is 8.42. The lowest BCUT2D eigenvalue weighted by atomic mass is 10.1. The van der Waals surface area contributed by atoms with Gasteiger partial charge in [0.2, 0.25) is 0 Å². The molecule has 0 aliphatic rings. The smallest absolute Gasteiger partial charge is 0.146 e. The molecule has 0 spiro atoms. The summed E-state index contributed by atoms with van der Waals surface area (Å²) in [4.78, 5) is 8.31. The first-order valence-corrected chi connectivity index (χ1v) is 6.60. The van der Waals surface area contributed by atoms with E-state index >= 15 is 0 Å². The number of hydrogen-bond donors (Lipinski definition) is 0. The molecule has 0 saturated carbocycles. The first-order chi connectivity index (χ1) is 8.06. The van der Waals surface area contributed by atoms with Gasteiger partial charge in [0.05, 0.1) is 4.47 Å². The molecule has 1 aromatic carbocycles. The first-order valence-electron chi connectivity index (χ1n) is 4.67. The molecule has 2 nitrogen and oxygen atoms in total. The maximum Gasteiger partial charge on any atom is 0.146 e. The summed E-state index contributed by atoms with van der Waals surface area (Å²) in [7, 11) is 0. The lowest BCUT2D eigenvalue weighted by molar-refractivity contribution is 0.962. The SMILES string of the molecule is Clc1ccc(Cc2ncc(Br)c(Cl)n2)c(Cl)c1. The van der Waals surface area contributed by atoms with Crippen LogP contribution in [0.2, 0.25) is 15.2 Å². The quantitative estimate of drug-likeness (QED) is 0.726. The minimum absolute atomic E-state index is 0.389. The fourth-order valence-electron chi connectivity index (χ4n) is 1.30. The molecule has 1 aromatic heterocycles. The normalized spacial score (nSPS) is 10.6. The van der Waals surface area contributed by atoms with Crippen LogP contribution >= 0.6 is 50.7 Å². The van der Waals surface area contributed by atoms with Crippen molar-refractivity contribution in [1.82, 2.24) is 9.97 Å². The highest BCUT2D eigenvalue weighted by molar-refractivity contribution is 9.10. The Morgan fingerprint density at radius 2 is 1.94 bits per heavy atom. The third-order valence-corrected chi connectivity index (χ3v) is 3.80. The van der Waals surface area contributed by atoms with Crippen molar-refractivity contribution in [1.29, 1.82) is 0 Å². The van der Waals surface area contributed by atoms with Crippen molar-refractivity contribution in [2.45, 2.75) is 6.42 Å². The fourth-order valence-corrected chi connectivity index (χ4v) is 2.11. The number of benzene rings is 1. The molecule has 0 aliphatic carbocycles. The van der Waals surface area contributed by atoms with Gasteiger partial charge in [-0.25, -0.2) is 9.97 Å². The number of hydrogen-bond acceptors (Lipinski definition) is 2. The van der Waals surface area contributed by atoms with Crippen molar-refractivity contribution in [2.75, 3.05) is 0 Å². The monoisotopic (exact) mass is 350 g/mol. The average molecular weight is 352 g/mol. The second-order valence-corrected chi connectivity index (χ2v) is 5.39. The van der Waals surface area contributed by atoms with Gasteiger partial charge in [-0.1, -0.05) is 40.9 Å². The molecule has 0 radical (unpaired) electrons. The molecule has 0 bridgehead atoms. The Morgan fingerprint density at radius 1 is 1.18 bits per heavy atom. The third kappa shape index (κ3) is 3.32. The van der Waals surface area contributed by atoms with Crippen molar-refractivity contribution in [3.05, 3.63) is 55.5 Å². The topological polar surface area (TPSA) is 25.8 Å². The largest absolute Gasteiger partial charge is 0.240 e. The maximum absolute atomic E-state index is 6.07. The summed E-state index contributed by atoms with van der Waals surface area (Å²) in [5.74, 6) is 0.613. The van der Waals surface area contributed by atoms with Crippen LogP contribution < -0.4 is 0 Å². The standard InChI is InChI=1S/C11H6BrCl3N2/c12-8-5-16-10(17-11(8)15)3-6-1-2-7(13)4-9(6)14/h1-2,4-5H,3H2. The highest BCUT2D eigenvalue weighted by atomic mass is 79.9. The zero-order valence-corrected chi connectivity index (χ0v) is 12.3. The Hall–Kier alpha value is -0.350. The van der Waals surface area contributed by atoms with Crippen LogP contribution in [0.25, 0.3) is 0 Å². The second kappa shape index (κ2) is 5.53. The molecule has 0 N–H and O–H groups in total. The summed E-state index contributed by atoms with van der Waals surface area (Å²) >= 11 is 21.0. The number of nitrogens with zero attached hydrogens (tertiary/aromatic N) is 2. The van der Waals surface area contributed by atoms with E-state index in [0.717, 1.165) is 5.56 Å². The van der Waals surface area contributed by atoms with Crippen molar-refractivity contribution >= 4 is 50.7 Å². The summed E-state index contributed by atoms with van der Waals surface area (Å²) in [6.45, 7) is 0. The van der Waals surface area contributed by atoms with Crippen LogP contribution in [0.1, 0.15) is 11.4 Å². The van der Waals surface area contributed by atoms with Crippen LogP contribution in [0.15, 0.2) is 28.9 Å². The molecule has 88 valence electrons. The molecule has 1 heterocycles. The predicted molar refractivity (Wildman–Crippen MR) is 74.0 cm³/mol. The molecule has 0 amide bonds. The van der Waals surface area contributed by atoms with Crippen LogP contribution in [-0.2, 0) is 6.42 Å². The minimum atomic E-state index is 0.389. The highest BCUT2D eigenvalue weighted by Gasteiger charge is 2.07. The van der Waals surface area contributed by atoms with E-state index in [-0.39, 0.29) is 0 Å². The Balaban J connectivity index is 2.28. The zero-order chi connectivity index (χ0) is 12.4. The summed E-state index contributed by atoms with van der Waals surface area (Å²) in [5.41, 5.74) is 0.912. The van der Waals surface area contributed by atoms with E-state index in [4.69, 9.17) is 34.8 Å². The lowest BCUT2D eigenvalue weighted by Crippen LogP contribution is -1.97. The fraction of sp³-hybridized carbons (Fsp3) is 0.0909. The van der Waals surface area contributed by atoms with Gasteiger partial charge in [0.15, 0.2) is 0 Å². The van der Waals surface area contributed by atoms with E-state index in [1.807, 2.05) is 6.07 Å². The van der Waals surface area contributed by atoms with Crippen molar-refractivity contribution in [3.8, 4) is 0 Å². The van der Waals surface area contributed by atoms with E-state index in [2.05, 4.69) is 25.9 Å². The van der Waals surface area contributed by atoms with Gasteiger partial charge in [0, 0.05) is 22.7 Å². The molecule has 0 aliphatic heterocycles. The molecule has 2 aromatic rings. The highest BCUT2D eigenvalue weighted by Crippen LogP contribution is 2.24. The summed E-state index contributed by atoms with van der Waals surface area (Å²) in [6, 6.07) is 5.33. The molecule has 2 rings (SSSR count). The van der Waals surface area contributed by atoms with Crippen LogP contribution in [0.3, 0.4) is 0 Å². The van der Waals surface area contributed by atoms with Crippen LogP contribution in [0.4, 0.5) is 0 Å². The summed E-state index contributed by atoms with van der Waals surface area (Å²) in [6.07, 6.45) is 2.14. The van der Waals surface area contributed by atoms with Crippen molar-refractivity contribution in [3.63, 3.8) is 0 Å². The van der Waals surface area contributed by atoms with Gasteiger partial charge >= 0.3 is 0 Å². The molecule has 6 heteroatoms. The van der Waals surface area contributed by atoms with E-state index in [1.165, 1.54) is 0 Å². The Kier molecular flexibility index (Phi) is 4.26. The van der Waals surface area contributed by atoms with E-state index in [0.29, 0.717) is 31.9 Å². The summed E-state index contributed by atoms with van der Waals surface area (Å²) < 4.78 is 0.671. The van der Waals surface area contributed by atoms with E-state index in [9.17, 15) is 0 Å². The Bertz CT molecular complexity index is 560. The van der Waals surface area contributed by atoms with Crippen LogP contribution in [0.5, 0.6) is 0 Å². The maximum atomic E-state index is 6.07. The molecule has 0 saturated heterocycles. The van der Waals surface area contributed by atoms with Gasteiger partial charge in [-0.15, -0.1) is 0 Å². The molecule has 17 heavy (non-hydrogen) atoms. The predicted octanol–water partition coefficient (Wildman–Crippen LogP) is 4.79. The molecule has 0 atom stereocenters. The molecular weight excluding hydrogens is 346 g/mol. The molecular formula is C11H6BrCl3N2. The number of halogens is 4. The minimum Gasteiger partial charge on any atom is -0.240 e. The molecule has 0 fully saturated rings. The van der Waals surface area contributed by atoms with E-state index in [1.54, 1.807) is 18.3 Å². The number of aromatic nitrogens is 2. The van der Waals surface area contributed by atoms with Crippen molar-refractivity contribution in [2.24, 2.45) is 0 Å². The van der Waals surface area contributed by atoms with Crippen molar-refractivity contribution < 1.29 is 0 Å².